The number of amides is 2. The van der Waals surface area contributed by atoms with Crippen molar-refractivity contribution in [2.24, 2.45) is 57.0 Å². The first-order valence-corrected chi connectivity index (χ1v) is 18.9. The van der Waals surface area contributed by atoms with Gasteiger partial charge in [-0.15, -0.1) is 0 Å². The number of fused-ring (bicyclic) bond motifs is 7. The van der Waals surface area contributed by atoms with Crippen molar-refractivity contribution in [2.45, 2.75) is 105 Å². The molecular weight excluding hydrogens is 620 g/mol. The number of carboxylic acid groups (broad SMARTS) is 1. The van der Waals surface area contributed by atoms with E-state index in [4.69, 9.17) is 5.73 Å². The van der Waals surface area contributed by atoms with Crippen LogP contribution in [0.2, 0.25) is 0 Å². The Morgan fingerprint density at radius 1 is 0.820 bits per heavy atom. The molecule has 0 radical (unpaired) electrons. The van der Waals surface area contributed by atoms with Crippen LogP contribution in [-0.4, -0.2) is 28.4 Å². The monoisotopic (exact) mass is 676 g/mol. The van der Waals surface area contributed by atoms with Crippen LogP contribution < -0.4 is 11.1 Å². The molecule has 2 amide bonds. The van der Waals surface area contributed by atoms with E-state index in [0.717, 1.165) is 44.1 Å². The molecule has 50 heavy (non-hydrogen) atoms. The van der Waals surface area contributed by atoms with Gasteiger partial charge >= 0.3 is 5.97 Å². The topological polar surface area (TPSA) is 109 Å². The van der Waals surface area contributed by atoms with Crippen LogP contribution in [0.5, 0.6) is 0 Å². The zero-order valence-corrected chi connectivity index (χ0v) is 30.9. The van der Waals surface area contributed by atoms with Crippen LogP contribution >= 0.6 is 0 Å². The fraction of sp³-hybridized carbons (Fsp3) is 0.568. The molecule has 2 aromatic carbocycles. The largest absolute Gasteiger partial charge is 0.478 e. The average Bonchev–Trinajstić information content (AvgIpc) is 3.44. The Labute approximate surface area is 298 Å². The van der Waals surface area contributed by atoms with Gasteiger partial charge in [0.1, 0.15) is 0 Å². The third-order valence-corrected chi connectivity index (χ3v) is 15.9. The molecule has 4 saturated carbocycles. The van der Waals surface area contributed by atoms with Crippen molar-refractivity contribution in [1.82, 2.24) is 5.32 Å². The van der Waals surface area contributed by atoms with Gasteiger partial charge in [0, 0.05) is 16.7 Å². The number of carbonyl (C=O) groups is 3. The van der Waals surface area contributed by atoms with Gasteiger partial charge in [-0.3, -0.25) is 9.59 Å². The van der Waals surface area contributed by atoms with Crippen molar-refractivity contribution in [3.8, 4) is 0 Å². The highest BCUT2D eigenvalue weighted by Crippen LogP contribution is 2.76. The Bertz CT molecular complexity index is 1790. The molecule has 0 spiro atoms. The summed E-state index contributed by atoms with van der Waals surface area (Å²) in [4.78, 5) is 37.4. The molecule has 266 valence electrons. The van der Waals surface area contributed by atoms with E-state index in [-0.39, 0.29) is 33.1 Å². The van der Waals surface area contributed by atoms with Crippen LogP contribution in [0.15, 0.2) is 66.8 Å². The quantitative estimate of drug-likeness (QED) is 0.265. The smallest absolute Gasteiger partial charge is 0.335 e. The fourth-order valence-corrected chi connectivity index (χ4v) is 13.4. The van der Waals surface area contributed by atoms with Crippen LogP contribution in [-0.2, 0) is 0 Å². The number of primary amides is 1. The predicted octanol–water partition coefficient (Wildman–Crippen LogP) is 9.32. The Balaban J connectivity index is 1.21. The lowest BCUT2D eigenvalue weighted by Gasteiger charge is -2.72. The van der Waals surface area contributed by atoms with Gasteiger partial charge in [-0.25, -0.2) is 4.79 Å². The standard InChI is InChI=1S/C44H56N2O4/c1-26(2)31-17-22-44(46-38(48)30-10-8-9-29(25-30)37(45)47)24-23-42(6)33(36(31)44)15-16-35-41(5)20-18-32(27-11-13-28(14-12-27)39(49)50)40(3,4)34(41)19-21-43(35,42)7/h8-14,18,25,31,33-36H,1,15-17,19-24H2,2-7H3,(H2,45,47)(H,46,48)(H,49,50)/t31-,33+,34-,35+,36+,41-,42+,43+,44?/m0/s1. The fourth-order valence-electron chi connectivity index (χ4n) is 13.4. The summed E-state index contributed by atoms with van der Waals surface area (Å²) in [6, 6.07) is 14.3. The molecule has 0 heterocycles. The lowest BCUT2D eigenvalue weighted by molar-refractivity contribution is -0.218. The summed E-state index contributed by atoms with van der Waals surface area (Å²) < 4.78 is 0. The average molecular weight is 677 g/mol. The van der Waals surface area contributed by atoms with E-state index in [1.54, 1.807) is 36.4 Å². The number of carbonyl (C=O) groups excluding carboxylic acids is 2. The molecule has 5 aliphatic carbocycles. The summed E-state index contributed by atoms with van der Waals surface area (Å²) >= 11 is 0. The predicted molar refractivity (Wildman–Crippen MR) is 198 cm³/mol. The second-order valence-electron chi connectivity index (χ2n) is 18.2. The molecule has 0 bridgehead atoms. The molecule has 5 aliphatic rings. The summed E-state index contributed by atoms with van der Waals surface area (Å²) in [5, 5.41) is 13.1. The van der Waals surface area contributed by atoms with E-state index in [0.29, 0.717) is 46.3 Å². The lowest BCUT2D eigenvalue weighted by Crippen LogP contribution is -2.68. The number of nitrogens with one attached hydrogen (secondary N) is 1. The second-order valence-corrected chi connectivity index (χ2v) is 18.2. The molecule has 1 unspecified atom stereocenters. The molecule has 4 fully saturated rings. The van der Waals surface area contributed by atoms with Crippen molar-refractivity contribution < 1.29 is 19.5 Å². The highest BCUT2D eigenvalue weighted by molar-refractivity contribution is 5.99. The van der Waals surface area contributed by atoms with E-state index in [1.807, 2.05) is 12.1 Å². The summed E-state index contributed by atoms with van der Waals surface area (Å²) in [5.74, 6) is 0.773. The van der Waals surface area contributed by atoms with Gasteiger partial charge in [0.25, 0.3) is 5.91 Å². The van der Waals surface area contributed by atoms with Crippen LogP contribution in [0.25, 0.3) is 5.57 Å². The van der Waals surface area contributed by atoms with E-state index < -0.39 is 11.9 Å². The van der Waals surface area contributed by atoms with E-state index in [2.05, 4.69) is 59.5 Å². The summed E-state index contributed by atoms with van der Waals surface area (Å²) in [5.41, 5.74) is 10.6. The third kappa shape index (κ3) is 4.90. The minimum Gasteiger partial charge on any atom is -0.478 e. The number of nitrogens with two attached hydrogens (primary N) is 1. The number of carboxylic acids is 1. The van der Waals surface area contributed by atoms with Crippen LogP contribution in [0, 0.1) is 51.2 Å². The summed E-state index contributed by atoms with van der Waals surface area (Å²) in [6.07, 6.45) is 12.3. The summed E-state index contributed by atoms with van der Waals surface area (Å²) in [7, 11) is 0. The Kier molecular flexibility index (Phi) is 8.12. The Morgan fingerprint density at radius 2 is 1.52 bits per heavy atom. The van der Waals surface area contributed by atoms with Crippen molar-refractivity contribution >= 4 is 23.4 Å². The van der Waals surface area contributed by atoms with Gasteiger partial charge in [0.05, 0.1) is 5.56 Å². The van der Waals surface area contributed by atoms with E-state index >= 15 is 0 Å². The van der Waals surface area contributed by atoms with Crippen molar-refractivity contribution in [1.29, 1.82) is 0 Å². The van der Waals surface area contributed by atoms with Gasteiger partial charge in [-0.05, 0) is 157 Å². The second kappa shape index (κ2) is 11.7. The van der Waals surface area contributed by atoms with Crippen molar-refractivity contribution in [3.63, 3.8) is 0 Å². The normalized spacial score (nSPS) is 38.4. The zero-order chi connectivity index (χ0) is 36.0. The molecule has 2 aromatic rings. The molecule has 0 aromatic heterocycles. The van der Waals surface area contributed by atoms with E-state index in [9.17, 15) is 19.5 Å². The Hall–Kier alpha value is -3.67. The molecule has 9 atom stereocenters. The Morgan fingerprint density at radius 3 is 2.18 bits per heavy atom. The molecule has 7 rings (SSSR count). The first kappa shape index (κ1) is 34.8. The minimum absolute atomic E-state index is 0.0366. The number of rotatable bonds is 6. The third-order valence-electron chi connectivity index (χ3n) is 15.9. The molecule has 0 saturated heterocycles. The van der Waals surface area contributed by atoms with Crippen LogP contribution in [0.4, 0.5) is 0 Å². The molecule has 6 heteroatoms. The van der Waals surface area contributed by atoms with Gasteiger partial charge in [0.2, 0.25) is 5.91 Å². The molecule has 0 aliphatic heterocycles. The highest BCUT2D eigenvalue weighted by atomic mass is 16.4. The first-order valence-electron chi connectivity index (χ1n) is 18.9. The number of hydrogen-bond acceptors (Lipinski definition) is 3. The number of benzene rings is 2. The van der Waals surface area contributed by atoms with Gasteiger partial charge < -0.3 is 16.2 Å². The minimum atomic E-state index is -0.888. The van der Waals surface area contributed by atoms with Crippen molar-refractivity contribution in [3.05, 3.63) is 89.0 Å². The van der Waals surface area contributed by atoms with Crippen molar-refractivity contribution in [2.75, 3.05) is 0 Å². The van der Waals surface area contributed by atoms with Crippen LogP contribution in [0.1, 0.15) is 136 Å². The zero-order valence-electron chi connectivity index (χ0n) is 30.9. The molecular formula is C44H56N2O4. The van der Waals surface area contributed by atoms with Gasteiger partial charge in [0.15, 0.2) is 0 Å². The number of hydrogen-bond donors (Lipinski definition) is 3. The number of aromatic carboxylic acids is 1. The molecule has 6 nitrogen and oxygen atoms in total. The van der Waals surface area contributed by atoms with Crippen LogP contribution in [0.3, 0.4) is 0 Å². The SMILES string of the molecule is C=C(C)[C@@H]1CCC2(NC(=O)c3cccc(C(N)=O)c3)CC[C@]3(C)[C@H](CC[C@@H]4[C@@]5(C)CC=C(c6ccc(C(=O)O)cc6)C(C)(C)[C@@H]5CC[C@]43C)[C@@H]12. The van der Waals surface area contributed by atoms with E-state index in [1.165, 1.54) is 30.4 Å². The molecule has 4 N–H and O–H groups in total. The highest BCUT2D eigenvalue weighted by Gasteiger charge is 2.70. The van der Waals surface area contributed by atoms with Gasteiger partial charge in [-0.1, -0.05) is 71.0 Å². The maximum absolute atomic E-state index is 14.0. The van der Waals surface area contributed by atoms with Gasteiger partial charge in [-0.2, -0.15) is 0 Å². The first-order chi connectivity index (χ1) is 23.5. The maximum Gasteiger partial charge on any atom is 0.335 e. The summed E-state index contributed by atoms with van der Waals surface area (Å²) in [6.45, 7) is 19.4. The lowest BCUT2D eigenvalue weighted by atomic mass is 9.33. The maximum atomic E-state index is 14.0. The number of allylic oxidation sites excluding steroid dienone is 3.